The number of amides is 1. The van der Waals surface area contributed by atoms with Crippen molar-refractivity contribution in [2.45, 2.75) is 26.4 Å². The van der Waals surface area contributed by atoms with E-state index in [2.05, 4.69) is 41.2 Å². The molecule has 0 bridgehead atoms. The molecule has 4 heteroatoms. The standard InChI is InChI=1S/C22H23N3O/c1-17(2)25(16-18-9-5-3-6-10-18)20-13-14-23-21(15-20)22(26)24-19-11-7-4-8-12-19/h3-15,17H,16H2,1-2H3,(H,24,26). The van der Waals surface area contributed by atoms with Gasteiger partial charge in [-0.1, -0.05) is 48.5 Å². The van der Waals surface area contributed by atoms with Crippen molar-refractivity contribution in [2.75, 3.05) is 10.2 Å². The third-order valence-corrected chi connectivity index (χ3v) is 4.16. The molecule has 2 aromatic carbocycles. The summed E-state index contributed by atoms with van der Waals surface area (Å²) in [6, 6.07) is 23.8. The Morgan fingerprint density at radius 2 is 1.65 bits per heavy atom. The van der Waals surface area contributed by atoms with Gasteiger partial charge in [-0.2, -0.15) is 0 Å². The fraction of sp³-hybridized carbons (Fsp3) is 0.182. The minimum atomic E-state index is -0.207. The highest BCUT2D eigenvalue weighted by Crippen LogP contribution is 2.21. The van der Waals surface area contributed by atoms with Crippen LogP contribution in [0.3, 0.4) is 0 Å². The van der Waals surface area contributed by atoms with Crippen LogP contribution in [-0.4, -0.2) is 16.9 Å². The zero-order chi connectivity index (χ0) is 18.4. The van der Waals surface area contributed by atoms with Crippen LogP contribution in [0.5, 0.6) is 0 Å². The SMILES string of the molecule is CC(C)N(Cc1ccccc1)c1ccnc(C(=O)Nc2ccccc2)c1. The first-order valence-corrected chi connectivity index (χ1v) is 8.76. The van der Waals surface area contributed by atoms with Gasteiger partial charge in [0.15, 0.2) is 0 Å². The first-order valence-electron chi connectivity index (χ1n) is 8.76. The number of para-hydroxylation sites is 1. The molecular formula is C22H23N3O. The number of anilines is 2. The van der Waals surface area contributed by atoms with Crippen molar-refractivity contribution in [3.8, 4) is 0 Å². The summed E-state index contributed by atoms with van der Waals surface area (Å²) in [6.45, 7) is 5.07. The second-order valence-electron chi connectivity index (χ2n) is 6.43. The molecule has 0 unspecified atom stereocenters. The lowest BCUT2D eigenvalue weighted by molar-refractivity contribution is 0.102. The number of pyridine rings is 1. The maximum Gasteiger partial charge on any atom is 0.274 e. The molecule has 0 aliphatic heterocycles. The molecule has 3 rings (SSSR count). The molecule has 0 aliphatic rings. The van der Waals surface area contributed by atoms with Gasteiger partial charge in [-0.3, -0.25) is 9.78 Å². The van der Waals surface area contributed by atoms with Gasteiger partial charge in [-0.25, -0.2) is 0 Å². The van der Waals surface area contributed by atoms with Crippen LogP contribution in [-0.2, 0) is 6.54 Å². The van der Waals surface area contributed by atoms with Crippen LogP contribution >= 0.6 is 0 Å². The van der Waals surface area contributed by atoms with E-state index in [9.17, 15) is 4.79 Å². The van der Waals surface area contributed by atoms with Gasteiger partial charge in [0.05, 0.1) is 0 Å². The second-order valence-corrected chi connectivity index (χ2v) is 6.43. The number of hydrogen-bond donors (Lipinski definition) is 1. The summed E-state index contributed by atoms with van der Waals surface area (Å²) in [4.78, 5) is 19.0. The predicted molar refractivity (Wildman–Crippen MR) is 106 cm³/mol. The molecule has 0 spiro atoms. The van der Waals surface area contributed by atoms with Crippen molar-refractivity contribution >= 4 is 17.3 Å². The summed E-state index contributed by atoms with van der Waals surface area (Å²) in [7, 11) is 0. The highest BCUT2D eigenvalue weighted by molar-refractivity contribution is 6.03. The number of benzene rings is 2. The molecule has 0 fully saturated rings. The molecule has 1 heterocycles. The van der Waals surface area contributed by atoms with E-state index in [0.717, 1.165) is 17.9 Å². The van der Waals surface area contributed by atoms with Crippen LogP contribution in [0.25, 0.3) is 0 Å². The van der Waals surface area contributed by atoms with Crippen LogP contribution in [0.2, 0.25) is 0 Å². The smallest absolute Gasteiger partial charge is 0.274 e. The second kappa shape index (κ2) is 8.30. The average molecular weight is 345 g/mol. The van der Waals surface area contributed by atoms with E-state index in [1.807, 2.05) is 60.7 Å². The van der Waals surface area contributed by atoms with Crippen molar-refractivity contribution in [3.63, 3.8) is 0 Å². The van der Waals surface area contributed by atoms with E-state index in [1.165, 1.54) is 5.56 Å². The van der Waals surface area contributed by atoms with Gasteiger partial charge in [0.25, 0.3) is 5.91 Å². The van der Waals surface area contributed by atoms with Gasteiger partial charge in [0, 0.05) is 30.2 Å². The van der Waals surface area contributed by atoms with Gasteiger partial charge < -0.3 is 10.2 Å². The highest BCUT2D eigenvalue weighted by Gasteiger charge is 2.15. The molecule has 1 N–H and O–H groups in total. The Bertz CT molecular complexity index is 848. The van der Waals surface area contributed by atoms with Gasteiger partial charge >= 0.3 is 0 Å². The molecule has 1 amide bonds. The van der Waals surface area contributed by atoms with Gasteiger partial charge in [-0.15, -0.1) is 0 Å². The number of carbonyl (C=O) groups is 1. The Hall–Kier alpha value is -3.14. The molecule has 0 saturated carbocycles. The number of aromatic nitrogens is 1. The van der Waals surface area contributed by atoms with Gasteiger partial charge in [0.2, 0.25) is 0 Å². The summed E-state index contributed by atoms with van der Waals surface area (Å²) in [6.07, 6.45) is 1.69. The fourth-order valence-electron chi connectivity index (χ4n) is 2.79. The third-order valence-electron chi connectivity index (χ3n) is 4.16. The zero-order valence-corrected chi connectivity index (χ0v) is 15.1. The van der Waals surface area contributed by atoms with Crippen molar-refractivity contribution in [2.24, 2.45) is 0 Å². The lowest BCUT2D eigenvalue weighted by atomic mass is 10.1. The summed E-state index contributed by atoms with van der Waals surface area (Å²) in [5.41, 5.74) is 3.38. The lowest BCUT2D eigenvalue weighted by Gasteiger charge is -2.29. The Labute approximate surface area is 154 Å². The van der Waals surface area contributed by atoms with Crippen LogP contribution in [0.15, 0.2) is 79.0 Å². The monoisotopic (exact) mass is 345 g/mol. The van der Waals surface area contributed by atoms with Crippen molar-refractivity contribution in [1.29, 1.82) is 0 Å². The summed E-state index contributed by atoms with van der Waals surface area (Å²) >= 11 is 0. The van der Waals surface area contributed by atoms with Crippen LogP contribution < -0.4 is 10.2 Å². The van der Waals surface area contributed by atoms with Crippen LogP contribution in [0.4, 0.5) is 11.4 Å². The Morgan fingerprint density at radius 1 is 1.00 bits per heavy atom. The van der Waals surface area contributed by atoms with E-state index in [1.54, 1.807) is 6.20 Å². The Kier molecular flexibility index (Phi) is 5.64. The largest absolute Gasteiger partial charge is 0.365 e. The maximum absolute atomic E-state index is 12.5. The average Bonchev–Trinajstić information content (AvgIpc) is 2.67. The molecule has 132 valence electrons. The summed E-state index contributed by atoms with van der Waals surface area (Å²) in [5.74, 6) is -0.207. The predicted octanol–water partition coefficient (Wildman–Crippen LogP) is 4.75. The van der Waals surface area contributed by atoms with Gasteiger partial charge in [0.1, 0.15) is 5.69 Å². The third kappa shape index (κ3) is 4.48. The molecule has 3 aromatic rings. The minimum absolute atomic E-state index is 0.207. The first-order chi connectivity index (χ1) is 12.6. The molecule has 1 aromatic heterocycles. The molecule has 0 atom stereocenters. The van der Waals surface area contributed by atoms with E-state index in [4.69, 9.17) is 0 Å². The van der Waals surface area contributed by atoms with E-state index < -0.39 is 0 Å². The zero-order valence-electron chi connectivity index (χ0n) is 15.1. The van der Waals surface area contributed by atoms with Crippen molar-refractivity contribution in [1.82, 2.24) is 4.98 Å². The Balaban J connectivity index is 1.81. The number of nitrogens with zero attached hydrogens (tertiary/aromatic N) is 2. The lowest BCUT2D eigenvalue weighted by Crippen LogP contribution is -2.30. The van der Waals surface area contributed by atoms with Gasteiger partial charge in [-0.05, 0) is 43.7 Å². The molecule has 0 radical (unpaired) electrons. The molecule has 0 saturated heterocycles. The van der Waals surface area contributed by atoms with Crippen molar-refractivity contribution in [3.05, 3.63) is 90.3 Å². The highest BCUT2D eigenvalue weighted by atomic mass is 16.1. The quantitative estimate of drug-likeness (QED) is 0.701. The Morgan fingerprint density at radius 3 is 2.31 bits per heavy atom. The molecular weight excluding hydrogens is 322 g/mol. The van der Waals surface area contributed by atoms with Crippen LogP contribution in [0, 0.1) is 0 Å². The van der Waals surface area contributed by atoms with Crippen molar-refractivity contribution < 1.29 is 4.79 Å². The number of hydrogen-bond acceptors (Lipinski definition) is 3. The van der Waals surface area contributed by atoms with Crippen LogP contribution in [0.1, 0.15) is 29.9 Å². The molecule has 26 heavy (non-hydrogen) atoms. The topological polar surface area (TPSA) is 45.2 Å². The number of carbonyl (C=O) groups excluding carboxylic acids is 1. The first kappa shape index (κ1) is 17.7. The molecule has 4 nitrogen and oxygen atoms in total. The molecule has 0 aliphatic carbocycles. The number of rotatable bonds is 6. The fourth-order valence-corrected chi connectivity index (χ4v) is 2.79. The van der Waals surface area contributed by atoms with E-state index in [0.29, 0.717) is 11.7 Å². The minimum Gasteiger partial charge on any atom is -0.365 e. The normalized spacial score (nSPS) is 10.6. The summed E-state index contributed by atoms with van der Waals surface area (Å²) < 4.78 is 0. The maximum atomic E-state index is 12.5. The number of nitrogens with one attached hydrogen (secondary N) is 1. The van der Waals surface area contributed by atoms with E-state index >= 15 is 0 Å². The summed E-state index contributed by atoms with van der Waals surface area (Å²) in [5, 5.41) is 2.88. The van der Waals surface area contributed by atoms with E-state index in [-0.39, 0.29) is 5.91 Å².